The maximum absolute atomic E-state index is 11.5. The molecule has 0 aliphatic rings. The van der Waals surface area contributed by atoms with Gasteiger partial charge in [0.15, 0.2) is 0 Å². The van der Waals surface area contributed by atoms with Crippen molar-refractivity contribution in [2.75, 3.05) is 0 Å². The van der Waals surface area contributed by atoms with Crippen LogP contribution in [0.3, 0.4) is 0 Å². The quantitative estimate of drug-likeness (QED) is 0.378. The van der Waals surface area contributed by atoms with Crippen LogP contribution in [0.1, 0.15) is 19.8 Å². The molecular formula is C10H14BrN3OS. The van der Waals surface area contributed by atoms with Crippen molar-refractivity contribution in [2.45, 2.75) is 30.0 Å². The molecule has 1 aromatic rings. The van der Waals surface area contributed by atoms with E-state index < -0.39 is 0 Å². The van der Waals surface area contributed by atoms with E-state index in [0.29, 0.717) is 0 Å². The Morgan fingerprint density at radius 3 is 3.06 bits per heavy atom. The normalized spacial score (nSPS) is 12.2. The van der Waals surface area contributed by atoms with Crippen LogP contribution in [-0.4, -0.2) is 16.1 Å². The van der Waals surface area contributed by atoms with Crippen molar-refractivity contribution in [3.05, 3.63) is 22.8 Å². The third-order valence-corrected chi connectivity index (χ3v) is 4.15. The fourth-order valence-corrected chi connectivity index (χ4v) is 2.83. The fraction of sp³-hybridized carbons (Fsp3) is 0.400. The number of rotatable bonds is 5. The van der Waals surface area contributed by atoms with E-state index in [0.717, 1.165) is 22.3 Å². The van der Waals surface area contributed by atoms with Gasteiger partial charge in [-0.3, -0.25) is 10.2 Å². The minimum absolute atomic E-state index is 0.163. The number of amides is 1. The number of carbonyl (C=O) groups excluding carboxylic acids is 1. The van der Waals surface area contributed by atoms with E-state index in [1.165, 1.54) is 11.8 Å². The zero-order chi connectivity index (χ0) is 12.0. The number of nitrogens with two attached hydrogens (primary N) is 1. The van der Waals surface area contributed by atoms with Crippen LogP contribution < -0.4 is 11.3 Å². The molecule has 0 spiro atoms. The van der Waals surface area contributed by atoms with Crippen molar-refractivity contribution < 1.29 is 4.79 Å². The number of hydrogen-bond acceptors (Lipinski definition) is 4. The molecule has 0 aromatic carbocycles. The lowest BCUT2D eigenvalue weighted by molar-refractivity contribution is -0.120. The van der Waals surface area contributed by atoms with Crippen molar-refractivity contribution in [1.82, 2.24) is 10.4 Å². The smallest absolute Gasteiger partial charge is 0.247 e. The summed E-state index contributed by atoms with van der Waals surface area (Å²) in [6, 6.07) is 3.74. The first kappa shape index (κ1) is 13.5. The number of pyridine rings is 1. The topological polar surface area (TPSA) is 68.0 Å². The number of thioether (sulfide) groups is 1. The van der Waals surface area contributed by atoms with Gasteiger partial charge in [-0.15, -0.1) is 0 Å². The zero-order valence-corrected chi connectivity index (χ0v) is 11.3. The van der Waals surface area contributed by atoms with Crippen molar-refractivity contribution in [1.29, 1.82) is 0 Å². The first-order valence-electron chi connectivity index (χ1n) is 4.96. The third kappa shape index (κ3) is 3.77. The third-order valence-electron chi connectivity index (χ3n) is 1.96. The highest BCUT2D eigenvalue weighted by Gasteiger charge is 2.19. The van der Waals surface area contributed by atoms with Crippen LogP contribution in [0.2, 0.25) is 0 Å². The van der Waals surface area contributed by atoms with Gasteiger partial charge >= 0.3 is 0 Å². The first-order valence-corrected chi connectivity index (χ1v) is 6.64. The molecule has 1 atom stereocenters. The second-order valence-corrected chi connectivity index (χ2v) is 5.24. The second-order valence-electron chi connectivity index (χ2n) is 3.19. The van der Waals surface area contributed by atoms with Gasteiger partial charge in [0.1, 0.15) is 5.03 Å². The second kappa shape index (κ2) is 6.88. The lowest BCUT2D eigenvalue weighted by Crippen LogP contribution is -2.37. The molecule has 1 aromatic heterocycles. The maximum Gasteiger partial charge on any atom is 0.247 e. The summed E-state index contributed by atoms with van der Waals surface area (Å²) >= 11 is 4.82. The molecule has 4 nitrogen and oxygen atoms in total. The van der Waals surface area contributed by atoms with Gasteiger partial charge in [0.2, 0.25) is 5.91 Å². The molecule has 1 unspecified atom stereocenters. The van der Waals surface area contributed by atoms with E-state index in [-0.39, 0.29) is 11.2 Å². The number of halogens is 1. The highest BCUT2D eigenvalue weighted by molar-refractivity contribution is 9.10. The van der Waals surface area contributed by atoms with Crippen LogP contribution in [0, 0.1) is 0 Å². The number of carbonyl (C=O) groups is 1. The molecule has 1 amide bonds. The van der Waals surface area contributed by atoms with Gasteiger partial charge < -0.3 is 0 Å². The lowest BCUT2D eigenvalue weighted by Gasteiger charge is -2.13. The average molecular weight is 304 g/mol. The number of nitrogens with one attached hydrogen (secondary N) is 1. The van der Waals surface area contributed by atoms with Crippen molar-refractivity contribution >= 4 is 33.6 Å². The van der Waals surface area contributed by atoms with E-state index >= 15 is 0 Å². The van der Waals surface area contributed by atoms with E-state index in [2.05, 4.69) is 26.3 Å². The zero-order valence-electron chi connectivity index (χ0n) is 8.94. The molecule has 0 saturated carbocycles. The summed E-state index contributed by atoms with van der Waals surface area (Å²) in [5, 5.41) is 0.616. The van der Waals surface area contributed by atoms with Gasteiger partial charge in [-0.25, -0.2) is 10.8 Å². The predicted molar refractivity (Wildman–Crippen MR) is 68.8 cm³/mol. The summed E-state index contributed by atoms with van der Waals surface area (Å²) in [6.07, 6.45) is 3.41. The largest absolute Gasteiger partial charge is 0.293 e. The van der Waals surface area contributed by atoms with Gasteiger partial charge in [0.25, 0.3) is 0 Å². The number of aromatic nitrogens is 1. The summed E-state index contributed by atoms with van der Waals surface area (Å²) in [5.74, 6) is 4.99. The van der Waals surface area contributed by atoms with Crippen LogP contribution in [-0.2, 0) is 4.79 Å². The Kier molecular flexibility index (Phi) is 5.79. The number of hydrogen-bond donors (Lipinski definition) is 2. The van der Waals surface area contributed by atoms with E-state index in [1.807, 2.05) is 19.1 Å². The molecule has 1 heterocycles. The summed E-state index contributed by atoms with van der Waals surface area (Å²) in [7, 11) is 0. The van der Waals surface area contributed by atoms with Gasteiger partial charge in [-0.05, 0) is 34.5 Å². The Morgan fingerprint density at radius 1 is 1.75 bits per heavy atom. The molecular weight excluding hydrogens is 290 g/mol. The summed E-state index contributed by atoms with van der Waals surface area (Å²) in [6.45, 7) is 2.03. The van der Waals surface area contributed by atoms with E-state index in [4.69, 9.17) is 5.84 Å². The van der Waals surface area contributed by atoms with Gasteiger partial charge in [0, 0.05) is 10.7 Å². The molecule has 16 heavy (non-hydrogen) atoms. The van der Waals surface area contributed by atoms with Crippen molar-refractivity contribution in [2.24, 2.45) is 5.84 Å². The molecule has 1 rings (SSSR count). The Labute approximate surface area is 107 Å². The molecule has 0 aliphatic heterocycles. The Balaban J connectivity index is 2.75. The Hall–Kier alpha value is -0.590. The van der Waals surface area contributed by atoms with Crippen LogP contribution in [0.15, 0.2) is 27.8 Å². The molecule has 0 radical (unpaired) electrons. The molecule has 3 N–H and O–H groups in total. The monoisotopic (exact) mass is 303 g/mol. The molecule has 0 aliphatic carbocycles. The van der Waals surface area contributed by atoms with Crippen LogP contribution in [0.25, 0.3) is 0 Å². The highest BCUT2D eigenvalue weighted by atomic mass is 79.9. The fourth-order valence-electron chi connectivity index (χ4n) is 1.19. The number of hydrazine groups is 1. The Morgan fingerprint density at radius 2 is 2.50 bits per heavy atom. The van der Waals surface area contributed by atoms with E-state index in [1.54, 1.807) is 6.20 Å². The molecule has 6 heteroatoms. The molecule has 88 valence electrons. The van der Waals surface area contributed by atoms with Gasteiger partial charge in [-0.1, -0.05) is 25.1 Å². The first-order chi connectivity index (χ1) is 7.69. The highest BCUT2D eigenvalue weighted by Crippen LogP contribution is 2.30. The lowest BCUT2D eigenvalue weighted by atomic mass is 10.2. The van der Waals surface area contributed by atoms with Gasteiger partial charge in [0.05, 0.1) is 5.25 Å². The standard InChI is InChI=1S/C10H14BrN3OS/c1-2-4-8(9(15)14-12)16-10-7(11)5-3-6-13-10/h3,5-6,8H,2,4,12H2,1H3,(H,14,15). The molecule has 0 fully saturated rings. The Bertz CT molecular complexity index is 362. The van der Waals surface area contributed by atoms with E-state index in [9.17, 15) is 4.79 Å². The van der Waals surface area contributed by atoms with Crippen LogP contribution >= 0.6 is 27.7 Å². The minimum Gasteiger partial charge on any atom is -0.293 e. The van der Waals surface area contributed by atoms with Crippen molar-refractivity contribution in [3.63, 3.8) is 0 Å². The van der Waals surface area contributed by atoms with Crippen LogP contribution in [0.5, 0.6) is 0 Å². The SMILES string of the molecule is CCCC(Sc1ncccc1Br)C(=O)NN. The summed E-state index contributed by atoms with van der Waals surface area (Å²) in [5.41, 5.74) is 2.19. The van der Waals surface area contributed by atoms with Gasteiger partial charge in [-0.2, -0.15) is 0 Å². The average Bonchev–Trinajstić information content (AvgIpc) is 2.30. The predicted octanol–water partition coefficient (Wildman–Crippen LogP) is 2.09. The summed E-state index contributed by atoms with van der Waals surface area (Å²) < 4.78 is 0.894. The summed E-state index contributed by atoms with van der Waals surface area (Å²) in [4.78, 5) is 15.7. The molecule has 0 bridgehead atoms. The van der Waals surface area contributed by atoms with Crippen LogP contribution in [0.4, 0.5) is 0 Å². The molecule has 0 saturated heterocycles. The minimum atomic E-state index is -0.193. The van der Waals surface area contributed by atoms with Crippen molar-refractivity contribution in [3.8, 4) is 0 Å². The maximum atomic E-state index is 11.5. The number of nitrogens with zero attached hydrogens (tertiary/aromatic N) is 1.